The maximum Gasteiger partial charge on any atom is 0.226 e. The molecule has 112 valence electrons. The highest BCUT2D eigenvalue weighted by atomic mass is 35.5. The van der Waals surface area contributed by atoms with Crippen molar-refractivity contribution in [3.8, 4) is 0 Å². The molecule has 0 aliphatic carbocycles. The van der Waals surface area contributed by atoms with E-state index in [9.17, 15) is 0 Å². The fourth-order valence-corrected chi connectivity index (χ4v) is 2.56. The molecule has 1 saturated heterocycles. The molecule has 0 spiro atoms. The van der Waals surface area contributed by atoms with Gasteiger partial charge in [0.2, 0.25) is 5.28 Å². The van der Waals surface area contributed by atoms with Gasteiger partial charge in [-0.15, -0.1) is 0 Å². The van der Waals surface area contributed by atoms with E-state index in [1.165, 1.54) is 0 Å². The first-order valence-corrected chi connectivity index (χ1v) is 7.74. The van der Waals surface area contributed by atoms with Gasteiger partial charge in [0.1, 0.15) is 11.6 Å². The van der Waals surface area contributed by atoms with E-state index in [-0.39, 0.29) is 0 Å². The molecule has 0 N–H and O–H groups in total. The summed E-state index contributed by atoms with van der Waals surface area (Å²) in [5.74, 6) is 1.83. The number of hydrogen-bond donors (Lipinski definition) is 0. The van der Waals surface area contributed by atoms with Crippen LogP contribution in [0.25, 0.3) is 0 Å². The highest BCUT2D eigenvalue weighted by molar-refractivity contribution is 6.28. The van der Waals surface area contributed by atoms with Crippen LogP contribution in [0.4, 0.5) is 11.6 Å². The molecule has 0 aromatic carbocycles. The first-order chi connectivity index (χ1) is 9.74. The van der Waals surface area contributed by atoms with Gasteiger partial charge in [-0.05, 0) is 24.4 Å². The molecule has 2 rings (SSSR count). The van der Waals surface area contributed by atoms with Crippen LogP contribution in [-0.4, -0.2) is 49.4 Å². The summed E-state index contributed by atoms with van der Waals surface area (Å²) in [7, 11) is 0. The Hall–Kier alpha value is -1.07. The number of halogens is 1. The Morgan fingerprint density at radius 1 is 1.20 bits per heavy atom. The zero-order valence-corrected chi connectivity index (χ0v) is 13.1. The molecule has 1 aliphatic heterocycles. The maximum absolute atomic E-state index is 6.11. The largest absolute Gasteiger partial charge is 0.378 e. The van der Waals surface area contributed by atoms with Crippen molar-refractivity contribution in [2.24, 2.45) is 0 Å². The summed E-state index contributed by atoms with van der Waals surface area (Å²) in [5.41, 5.74) is 0. The number of nitrogens with zero attached hydrogens (tertiary/aromatic N) is 4. The first-order valence-electron chi connectivity index (χ1n) is 7.36. The molecule has 0 amide bonds. The molecule has 1 aromatic heterocycles. The average molecular weight is 299 g/mol. The molecule has 2 heterocycles. The number of anilines is 2. The molecule has 0 radical (unpaired) electrons. The van der Waals surface area contributed by atoms with Crippen molar-refractivity contribution in [1.82, 2.24) is 9.97 Å². The molecule has 20 heavy (non-hydrogen) atoms. The second-order valence-corrected chi connectivity index (χ2v) is 5.28. The van der Waals surface area contributed by atoms with E-state index in [1.807, 2.05) is 6.07 Å². The predicted octanol–water partition coefficient (Wildman–Crippen LogP) is 2.59. The molecule has 5 nitrogen and oxygen atoms in total. The number of rotatable bonds is 6. The molecular formula is C14H23ClN4O. The van der Waals surface area contributed by atoms with E-state index in [4.69, 9.17) is 16.3 Å². The van der Waals surface area contributed by atoms with E-state index in [0.717, 1.165) is 63.9 Å². The molecular weight excluding hydrogens is 276 g/mol. The van der Waals surface area contributed by atoms with Crippen molar-refractivity contribution < 1.29 is 4.74 Å². The van der Waals surface area contributed by atoms with Crippen LogP contribution in [0.15, 0.2) is 6.07 Å². The Labute approximate surface area is 125 Å². The Morgan fingerprint density at radius 2 is 1.85 bits per heavy atom. The van der Waals surface area contributed by atoms with Gasteiger partial charge in [-0.3, -0.25) is 0 Å². The highest BCUT2D eigenvalue weighted by Crippen LogP contribution is 2.22. The standard InChI is InChI=1S/C14H23ClN4O/c1-3-5-18(6-4-2)12-11-13(17-14(15)16-12)19-7-9-20-10-8-19/h11H,3-10H2,1-2H3. The summed E-state index contributed by atoms with van der Waals surface area (Å²) in [6.45, 7) is 9.52. The number of ether oxygens (including phenoxy) is 1. The van der Waals surface area contributed by atoms with Crippen LogP contribution in [0.1, 0.15) is 26.7 Å². The van der Waals surface area contributed by atoms with Gasteiger partial charge in [0, 0.05) is 32.2 Å². The lowest BCUT2D eigenvalue weighted by molar-refractivity contribution is 0.122. The number of aromatic nitrogens is 2. The predicted molar refractivity (Wildman–Crippen MR) is 82.9 cm³/mol. The Bertz CT molecular complexity index is 418. The quantitative estimate of drug-likeness (QED) is 0.755. The molecule has 1 aromatic rings. The van der Waals surface area contributed by atoms with Crippen molar-refractivity contribution in [2.75, 3.05) is 49.2 Å². The zero-order valence-electron chi connectivity index (χ0n) is 12.3. The fraction of sp³-hybridized carbons (Fsp3) is 0.714. The van der Waals surface area contributed by atoms with Crippen molar-refractivity contribution in [3.05, 3.63) is 11.3 Å². The first kappa shape index (κ1) is 15.3. The van der Waals surface area contributed by atoms with Crippen LogP contribution in [0, 0.1) is 0 Å². The lowest BCUT2D eigenvalue weighted by Crippen LogP contribution is -2.37. The molecule has 1 aliphatic rings. The summed E-state index contributed by atoms with van der Waals surface area (Å²) >= 11 is 6.11. The van der Waals surface area contributed by atoms with Crippen LogP contribution < -0.4 is 9.80 Å². The topological polar surface area (TPSA) is 41.5 Å². The summed E-state index contributed by atoms with van der Waals surface area (Å²) in [4.78, 5) is 13.2. The summed E-state index contributed by atoms with van der Waals surface area (Å²) in [6.07, 6.45) is 2.18. The van der Waals surface area contributed by atoms with Crippen LogP contribution in [-0.2, 0) is 4.74 Å². The third-order valence-corrected chi connectivity index (χ3v) is 3.49. The smallest absolute Gasteiger partial charge is 0.226 e. The van der Waals surface area contributed by atoms with Gasteiger partial charge in [0.05, 0.1) is 13.2 Å². The third kappa shape index (κ3) is 3.96. The van der Waals surface area contributed by atoms with Crippen LogP contribution in [0.2, 0.25) is 5.28 Å². The van der Waals surface area contributed by atoms with Crippen molar-refractivity contribution in [1.29, 1.82) is 0 Å². The summed E-state index contributed by atoms with van der Waals surface area (Å²) in [5, 5.41) is 0.321. The molecule has 0 unspecified atom stereocenters. The minimum absolute atomic E-state index is 0.321. The van der Waals surface area contributed by atoms with Gasteiger partial charge in [-0.1, -0.05) is 13.8 Å². The minimum Gasteiger partial charge on any atom is -0.378 e. The molecule has 0 bridgehead atoms. The van der Waals surface area contributed by atoms with E-state index >= 15 is 0 Å². The normalized spacial score (nSPS) is 15.4. The molecule has 1 fully saturated rings. The summed E-state index contributed by atoms with van der Waals surface area (Å²) in [6, 6.07) is 2.04. The van der Waals surface area contributed by atoms with Crippen molar-refractivity contribution in [3.63, 3.8) is 0 Å². The van der Waals surface area contributed by atoms with Crippen LogP contribution in [0.5, 0.6) is 0 Å². The van der Waals surface area contributed by atoms with Gasteiger partial charge >= 0.3 is 0 Å². The minimum atomic E-state index is 0.321. The van der Waals surface area contributed by atoms with Gasteiger partial charge in [0.15, 0.2) is 0 Å². The van der Waals surface area contributed by atoms with Crippen LogP contribution in [0.3, 0.4) is 0 Å². The van der Waals surface area contributed by atoms with E-state index < -0.39 is 0 Å². The Kier molecular flexibility index (Phi) is 5.86. The lowest BCUT2D eigenvalue weighted by atomic mass is 10.3. The Morgan fingerprint density at radius 3 is 2.45 bits per heavy atom. The summed E-state index contributed by atoms with van der Waals surface area (Å²) < 4.78 is 5.38. The highest BCUT2D eigenvalue weighted by Gasteiger charge is 2.16. The van der Waals surface area contributed by atoms with Gasteiger partial charge in [-0.2, -0.15) is 0 Å². The van der Waals surface area contributed by atoms with Crippen LogP contribution >= 0.6 is 11.6 Å². The van der Waals surface area contributed by atoms with E-state index in [0.29, 0.717) is 5.28 Å². The second kappa shape index (κ2) is 7.64. The zero-order chi connectivity index (χ0) is 14.4. The van der Waals surface area contributed by atoms with Gasteiger partial charge in [-0.25, -0.2) is 9.97 Å². The number of hydrogen-bond acceptors (Lipinski definition) is 5. The van der Waals surface area contributed by atoms with E-state index in [2.05, 4.69) is 33.6 Å². The maximum atomic E-state index is 6.11. The third-order valence-electron chi connectivity index (χ3n) is 3.32. The monoisotopic (exact) mass is 298 g/mol. The average Bonchev–Trinajstić information content (AvgIpc) is 2.47. The van der Waals surface area contributed by atoms with Crippen molar-refractivity contribution in [2.45, 2.75) is 26.7 Å². The molecule has 0 atom stereocenters. The Balaban J connectivity index is 2.21. The van der Waals surface area contributed by atoms with Gasteiger partial charge < -0.3 is 14.5 Å². The second-order valence-electron chi connectivity index (χ2n) is 4.94. The van der Waals surface area contributed by atoms with Crippen molar-refractivity contribution >= 4 is 23.2 Å². The molecule has 0 saturated carbocycles. The lowest BCUT2D eigenvalue weighted by Gasteiger charge is -2.29. The van der Waals surface area contributed by atoms with Gasteiger partial charge in [0.25, 0.3) is 0 Å². The number of morpholine rings is 1. The SMILES string of the molecule is CCCN(CCC)c1cc(N2CCOCC2)nc(Cl)n1. The fourth-order valence-electron chi connectivity index (χ4n) is 2.39. The van der Waals surface area contributed by atoms with E-state index in [1.54, 1.807) is 0 Å². The molecule has 6 heteroatoms.